The standard InChI is InChI=1S/C15H25N3O2/c1-3-18(4-2)12-14-8-6-5-7-13(14)11-17-15(20)16-9-10-19/h5-8,19H,3-4,9-12H2,1-2H3,(H2,16,17,20). The van der Waals surface area contributed by atoms with E-state index in [9.17, 15) is 4.79 Å². The Bertz CT molecular complexity index is 406. The van der Waals surface area contributed by atoms with Gasteiger partial charge in [0.25, 0.3) is 0 Å². The monoisotopic (exact) mass is 279 g/mol. The van der Waals surface area contributed by atoms with Crippen LogP contribution >= 0.6 is 0 Å². The van der Waals surface area contributed by atoms with Crippen LogP contribution in [0.1, 0.15) is 25.0 Å². The van der Waals surface area contributed by atoms with Crippen molar-refractivity contribution in [1.29, 1.82) is 0 Å². The summed E-state index contributed by atoms with van der Waals surface area (Å²) in [5.74, 6) is 0. The molecule has 0 aromatic heterocycles. The summed E-state index contributed by atoms with van der Waals surface area (Å²) < 4.78 is 0. The molecule has 1 rings (SSSR count). The van der Waals surface area contributed by atoms with Crippen molar-refractivity contribution in [1.82, 2.24) is 15.5 Å². The van der Waals surface area contributed by atoms with Crippen LogP contribution in [0.5, 0.6) is 0 Å². The lowest BCUT2D eigenvalue weighted by molar-refractivity contribution is 0.233. The number of urea groups is 1. The molecular formula is C15H25N3O2. The van der Waals surface area contributed by atoms with E-state index in [1.807, 2.05) is 18.2 Å². The van der Waals surface area contributed by atoms with Crippen molar-refractivity contribution in [2.45, 2.75) is 26.9 Å². The quantitative estimate of drug-likeness (QED) is 0.672. The van der Waals surface area contributed by atoms with Gasteiger partial charge in [0.2, 0.25) is 0 Å². The summed E-state index contributed by atoms with van der Waals surface area (Å²) in [5, 5.41) is 14.0. The van der Waals surface area contributed by atoms with Crippen LogP contribution in [-0.2, 0) is 13.1 Å². The molecule has 1 aromatic carbocycles. The van der Waals surface area contributed by atoms with E-state index in [4.69, 9.17) is 5.11 Å². The highest BCUT2D eigenvalue weighted by molar-refractivity contribution is 5.73. The average molecular weight is 279 g/mol. The molecule has 112 valence electrons. The third-order valence-electron chi connectivity index (χ3n) is 3.24. The number of benzene rings is 1. The van der Waals surface area contributed by atoms with E-state index >= 15 is 0 Å². The Balaban J connectivity index is 2.59. The number of hydrogen-bond acceptors (Lipinski definition) is 3. The highest BCUT2D eigenvalue weighted by Gasteiger charge is 2.07. The molecule has 3 N–H and O–H groups in total. The van der Waals surface area contributed by atoms with Crippen LogP contribution in [0, 0.1) is 0 Å². The summed E-state index contributed by atoms with van der Waals surface area (Å²) in [6.07, 6.45) is 0. The Morgan fingerprint density at radius 2 is 1.80 bits per heavy atom. The number of amides is 2. The summed E-state index contributed by atoms with van der Waals surface area (Å²) in [6, 6.07) is 7.88. The Kier molecular flexibility index (Phi) is 7.69. The van der Waals surface area contributed by atoms with Crippen molar-refractivity contribution in [3.05, 3.63) is 35.4 Å². The highest BCUT2D eigenvalue weighted by atomic mass is 16.3. The lowest BCUT2D eigenvalue weighted by Crippen LogP contribution is -2.36. The molecule has 1 aromatic rings. The zero-order valence-corrected chi connectivity index (χ0v) is 12.4. The third-order valence-corrected chi connectivity index (χ3v) is 3.24. The van der Waals surface area contributed by atoms with Gasteiger partial charge in [-0.1, -0.05) is 38.1 Å². The van der Waals surface area contributed by atoms with Crippen molar-refractivity contribution in [2.75, 3.05) is 26.2 Å². The minimum absolute atomic E-state index is 0.0496. The first-order chi connectivity index (χ1) is 9.71. The van der Waals surface area contributed by atoms with E-state index in [2.05, 4.69) is 35.4 Å². The van der Waals surface area contributed by atoms with Crippen molar-refractivity contribution in [3.63, 3.8) is 0 Å². The maximum Gasteiger partial charge on any atom is 0.315 e. The SMILES string of the molecule is CCN(CC)Cc1ccccc1CNC(=O)NCCO. The number of nitrogens with one attached hydrogen (secondary N) is 2. The molecule has 0 fully saturated rings. The average Bonchev–Trinajstić information content (AvgIpc) is 2.49. The first-order valence-corrected chi connectivity index (χ1v) is 7.12. The van der Waals surface area contributed by atoms with Crippen LogP contribution in [0.2, 0.25) is 0 Å². The number of aliphatic hydroxyl groups excluding tert-OH is 1. The Labute approximate surface area is 121 Å². The van der Waals surface area contributed by atoms with Gasteiger partial charge in [-0.05, 0) is 24.2 Å². The number of aliphatic hydroxyl groups is 1. The second-order valence-electron chi connectivity index (χ2n) is 4.56. The molecule has 5 heteroatoms. The van der Waals surface area contributed by atoms with E-state index in [1.54, 1.807) is 0 Å². The lowest BCUT2D eigenvalue weighted by Gasteiger charge is -2.20. The van der Waals surface area contributed by atoms with Gasteiger partial charge in [-0.2, -0.15) is 0 Å². The Morgan fingerprint density at radius 3 is 2.40 bits per heavy atom. The van der Waals surface area contributed by atoms with E-state index < -0.39 is 0 Å². The maximum atomic E-state index is 11.5. The predicted molar refractivity (Wildman–Crippen MR) is 80.4 cm³/mol. The summed E-state index contributed by atoms with van der Waals surface area (Å²) in [4.78, 5) is 13.8. The van der Waals surface area contributed by atoms with Crippen LogP contribution in [0.15, 0.2) is 24.3 Å². The topological polar surface area (TPSA) is 64.6 Å². The van der Waals surface area contributed by atoms with Crippen LogP contribution in [0.3, 0.4) is 0 Å². The number of carbonyl (C=O) groups excluding carboxylic acids is 1. The maximum absolute atomic E-state index is 11.5. The molecule has 0 atom stereocenters. The van der Waals surface area contributed by atoms with Gasteiger partial charge in [0, 0.05) is 19.6 Å². The van der Waals surface area contributed by atoms with Crippen LogP contribution in [-0.4, -0.2) is 42.3 Å². The predicted octanol–water partition coefficient (Wildman–Crippen LogP) is 1.32. The molecule has 0 heterocycles. The molecule has 0 aliphatic carbocycles. The molecule has 5 nitrogen and oxygen atoms in total. The van der Waals surface area contributed by atoms with Crippen LogP contribution in [0.4, 0.5) is 4.79 Å². The highest BCUT2D eigenvalue weighted by Crippen LogP contribution is 2.11. The normalized spacial score (nSPS) is 10.6. The van der Waals surface area contributed by atoms with Crippen LogP contribution in [0.25, 0.3) is 0 Å². The zero-order chi connectivity index (χ0) is 14.8. The first kappa shape index (κ1) is 16.5. The number of nitrogens with zero attached hydrogens (tertiary/aromatic N) is 1. The first-order valence-electron chi connectivity index (χ1n) is 7.12. The van der Waals surface area contributed by atoms with Gasteiger partial charge < -0.3 is 15.7 Å². The molecule has 0 bridgehead atoms. The second kappa shape index (κ2) is 9.34. The summed E-state index contributed by atoms with van der Waals surface area (Å²) >= 11 is 0. The van der Waals surface area contributed by atoms with E-state index in [1.165, 1.54) is 5.56 Å². The summed E-state index contributed by atoms with van der Waals surface area (Å²) in [6.45, 7) is 7.92. The fraction of sp³-hybridized carbons (Fsp3) is 0.533. The van der Waals surface area contributed by atoms with Gasteiger partial charge in [0.05, 0.1) is 6.61 Å². The molecular weight excluding hydrogens is 254 g/mol. The second-order valence-corrected chi connectivity index (χ2v) is 4.56. The number of hydrogen-bond donors (Lipinski definition) is 3. The van der Waals surface area contributed by atoms with Gasteiger partial charge >= 0.3 is 6.03 Å². The van der Waals surface area contributed by atoms with E-state index in [0.717, 1.165) is 25.2 Å². The van der Waals surface area contributed by atoms with E-state index in [-0.39, 0.29) is 19.2 Å². The number of rotatable bonds is 8. The van der Waals surface area contributed by atoms with Gasteiger partial charge in [-0.3, -0.25) is 4.90 Å². The third kappa shape index (κ3) is 5.59. The minimum Gasteiger partial charge on any atom is -0.395 e. The van der Waals surface area contributed by atoms with Crippen molar-refractivity contribution < 1.29 is 9.90 Å². The molecule has 0 aliphatic heterocycles. The molecule has 0 aliphatic rings. The van der Waals surface area contributed by atoms with Crippen molar-refractivity contribution >= 4 is 6.03 Å². The molecule has 0 saturated carbocycles. The fourth-order valence-electron chi connectivity index (χ4n) is 1.98. The molecule has 20 heavy (non-hydrogen) atoms. The van der Waals surface area contributed by atoms with Gasteiger partial charge in [-0.25, -0.2) is 4.79 Å². The molecule has 0 unspecified atom stereocenters. The van der Waals surface area contributed by atoms with Crippen LogP contribution < -0.4 is 10.6 Å². The largest absolute Gasteiger partial charge is 0.395 e. The van der Waals surface area contributed by atoms with Gasteiger partial charge in [0.15, 0.2) is 0 Å². The molecule has 0 spiro atoms. The molecule has 2 amide bonds. The van der Waals surface area contributed by atoms with Crippen molar-refractivity contribution in [3.8, 4) is 0 Å². The fourth-order valence-corrected chi connectivity index (χ4v) is 1.98. The Morgan fingerprint density at radius 1 is 1.15 bits per heavy atom. The Hall–Kier alpha value is -1.59. The summed E-state index contributed by atoms with van der Waals surface area (Å²) in [5.41, 5.74) is 2.36. The molecule has 0 saturated heterocycles. The van der Waals surface area contributed by atoms with Gasteiger partial charge in [-0.15, -0.1) is 0 Å². The molecule has 0 radical (unpaired) electrons. The smallest absolute Gasteiger partial charge is 0.315 e. The van der Waals surface area contributed by atoms with Crippen molar-refractivity contribution in [2.24, 2.45) is 0 Å². The van der Waals surface area contributed by atoms with E-state index in [0.29, 0.717) is 6.54 Å². The lowest BCUT2D eigenvalue weighted by atomic mass is 10.1. The van der Waals surface area contributed by atoms with Gasteiger partial charge in [0.1, 0.15) is 0 Å². The summed E-state index contributed by atoms with van der Waals surface area (Å²) in [7, 11) is 0. The zero-order valence-electron chi connectivity index (χ0n) is 12.4. The number of carbonyl (C=O) groups is 1. The minimum atomic E-state index is -0.253.